The van der Waals surface area contributed by atoms with Crippen LogP contribution in [0.5, 0.6) is 5.75 Å². The number of hydrogen-bond acceptors (Lipinski definition) is 4. The Morgan fingerprint density at radius 2 is 1.93 bits per heavy atom. The predicted molar refractivity (Wildman–Crippen MR) is 108 cm³/mol. The molecule has 1 atom stereocenters. The summed E-state index contributed by atoms with van der Waals surface area (Å²) in [6.45, 7) is 6.64. The maximum atomic E-state index is 13.2. The number of amides is 1. The number of anilines is 1. The Balaban J connectivity index is 1.64. The average Bonchev–Trinajstić information content (AvgIpc) is 3.22. The van der Waals surface area contributed by atoms with Crippen LogP contribution in [0, 0.1) is 0 Å². The van der Waals surface area contributed by atoms with Gasteiger partial charge in [-0.1, -0.05) is 30.8 Å². The van der Waals surface area contributed by atoms with Crippen LogP contribution in [-0.2, 0) is 6.54 Å². The average molecular weight is 374 g/mol. The van der Waals surface area contributed by atoms with Gasteiger partial charge in [0.05, 0.1) is 18.4 Å². The first-order chi connectivity index (χ1) is 13.6. The van der Waals surface area contributed by atoms with Crippen LogP contribution in [-0.4, -0.2) is 17.4 Å². The molecule has 0 aliphatic carbocycles. The zero-order valence-corrected chi connectivity index (χ0v) is 15.7. The van der Waals surface area contributed by atoms with Gasteiger partial charge in [-0.25, -0.2) is 0 Å². The zero-order chi connectivity index (χ0) is 19.5. The van der Waals surface area contributed by atoms with Crippen molar-refractivity contribution in [1.29, 1.82) is 0 Å². The first-order valence-electron chi connectivity index (χ1n) is 9.18. The summed E-state index contributed by atoms with van der Waals surface area (Å²) in [7, 11) is 0. The molecule has 2 heterocycles. The molecule has 0 fully saturated rings. The minimum Gasteiger partial charge on any atom is -0.489 e. The van der Waals surface area contributed by atoms with Gasteiger partial charge >= 0.3 is 0 Å². The fraction of sp³-hybridized carbons (Fsp3) is 0.174. The summed E-state index contributed by atoms with van der Waals surface area (Å²) in [4.78, 5) is 15.0. The summed E-state index contributed by atoms with van der Waals surface area (Å²) in [5.74, 6) is 1.48. The van der Waals surface area contributed by atoms with Crippen molar-refractivity contribution in [2.75, 3.05) is 11.9 Å². The van der Waals surface area contributed by atoms with Crippen molar-refractivity contribution >= 4 is 11.6 Å². The van der Waals surface area contributed by atoms with Crippen LogP contribution in [0.4, 0.5) is 5.69 Å². The molecule has 2 aromatic carbocycles. The van der Waals surface area contributed by atoms with Gasteiger partial charge in [-0.15, -0.1) is 0 Å². The van der Waals surface area contributed by atoms with Crippen molar-refractivity contribution in [1.82, 2.24) is 4.90 Å². The van der Waals surface area contributed by atoms with Gasteiger partial charge < -0.3 is 19.4 Å². The lowest BCUT2D eigenvalue weighted by molar-refractivity contribution is 0.0651. The molecule has 3 aromatic rings. The normalized spacial score (nSPS) is 15.7. The van der Waals surface area contributed by atoms with E-state index in [1.54, 1.807) is 11.2 Å². The third-order valence-corrected chi connectivity index (χ3v) is 4.61. The molecule has 1 aliphatic heterocycles. The maximum Gasteiger partial charge on any atom is 0.258 e. The molecule has 1 aliphatic rings. The molecule has 28 heavy (non-hydrogen) atoms. The molecule has 5 heteroatoms. The van der Waals surface area contributed by atoms with E-state index in [1.165, 1.54) is 0 Å². The van der Waals surface area contributed by atoms with E-state index < -0.39 is 0 Å². The van der Waals surface area contributed by atoms with Gasteiger partial charge in [-0.2, -0.15) is 0 Å². The number of para-hydroxylation sites is 1. The molecule has 1 N–H and O–H groups in total. The van der Waals surface area contributed by atoms with E-state index in [0.717, 1.165) is 28.3 Å². The maximum absolute atomic E-state index is 13.2. The van der Waals surface area contributed by atoms with Crippen molar-refractivity contribution in [3.8, 4) is 5.75 Å². The number of ether oxygens (including phenoxy) is 1. The third-order valence-electron chi connectivity index (χ3n) is 4.61. The summed E-state index contributed by atoms with van der Waals surface area (Å²) in [6.07, 6.45) is 1.32. The van der Waals surface area contributed by atoms with Gasteiger partial charge in [0.2, 0.25) is 0 Å². The standard InChI is InChI=1S/C23H22N2O3/c1-16(2)15-28-18-11-9-17(10-12-18)22-24-21-8-4-3-7-20(21)23(26)25(22)14-19-6-5-13-27-19/h3-13,22,24H,1,14-15H2,2H3. The van der Waals surface area contributed by atoms with Crippen LogP contribution in [0.25, 0.3) is 0 Å². The summed E-state index contributed by atoms with van der Waals surface area (Å²) in [6, 6.07) is 19.0. The van der Waals surface area contributed by atoms with E-state index in [9.17, 15) is 4.79 Å². The molecule has 142 valence electrons. The number of fused-ring (bicyclic) bond motifs is 1. The summed E-state index contributed by atoms with van der Waals surface area (Å²) in [5, 5.41) is 3.48. The Hall–Kier alpha value is -3.47. The van der Waals surface area contributed by atoms with Crippen LogP contribution in [0.15, 0.2) is 83.5 Å². The fourth-order valence-corrected chi connectivity index (χ4v) is 3.24. The van der Waals surface area contributed by atoms with Crippen molar-refractivity contribution in [3.63, 3.8) is 0 Å². The van der Waals surface area contributed by atoms with E-state index in [-0.39, 0.29) is 12.1 Å². The Morgan fingerprint density at radius 1 is 1.14 bits per heavy atom. The molecule has 0 saturated carbocycles. The minimum absolute atomic E-state index is 0.0293. The van der Waals surface area contributed by atoms with Crippen molar-refractivity contribution in [3.05, 3.63) is 96.0 Å². The Morgan fingerprint density at radius 3 is 2.64 bits per heavy atom. The third kappa shape index (κ3) is 3.64. The number of nitrogens with one attached hydrogen (secondary N) is 1. The number of hydrogen-bond donors (Lipinski definition) is 1. The highest BCUT2D eigenvalue weighted by Crippen LogP contribution is 2.34. The van der Waals surface area contributed by atoms with E-state index in [1.807, 2.05) is 67.6 Å². The predicted octanol–water partition coefficient (Wildman–Crippen LogP) is 5.00. The molecule has 4 rings (SSSR count). The molecular formula is C23H22N2O3. The molecule has 0 saturated heterocycles. The van der Waals surface area contributed by atoms with Crippen molar-refractivity contribution in [2.24, 2.45) is 0 Å². The lowest BCUT2D eigenvalue weighted by Gasteiger charge is -2.37. The second-order valence-electron chi connectivity index (χ2n) is 6.92. The highest BCUT2D eigenvalue weighted by atomic mass is 16.5. The molecule has 0 bridgehead atoms. The van der Waals surface area contributed by atoms with Crippen LogP contribution in [0.3, 0.4) is 0 Å². The first kappa shape index (κ1) is 17.9. The molecular weight excluding hydrogens is 352 g/mol. The number of nitrogens with zero attached hydrogens (tertiary/aromatic N) is 1. The molecule has 0 spiro atoms. The van der Waals surface area contributed by atoms with Gasteiger partial charge in [-0.3, -0.25) is 4.79 Å². The Bertz CT molecular complexity index is 977. The molecule has 1 amide bonds. The lowest BCUT2D eigenvalue weighted by Crippen LogP contribution is -2.42. The summed E-state index contributed by atoms with van der Waals surface area (Å²) < 4.78 is 11.2. The van der Waals surface area contributed by atoms with E-state index >= 15 is 0 Å². The number of benzene rings is 2. The molecule has 0 radical (unpaired) electrons. The van der Waals surface area contributed by atoms with Gasteiger partial charge in [0.15, 0.2) is 0 Å². The highest BCUT2D eigenvalue weighted by Gasteiger charge is 2.33. The SMILES string of the molecule is C=C(C)COc1ccc(C2Nc3ccccc3C(=O)N2Cc2ccco2)cc1. The lowest BCUT2D eigenvalue weighted by atomic mass is 10.0. The number of carbonyl (C=O) groups is 1. The monoisotopic (exact) mass is 374 g/mol. The van der Waals surface area contributed by atoms with Gasteiger partial charge in [0.1, 0.15) is 24.3 Å². The summed E-state index contributed by atoms with van der Waals surface area (Å²) in [5.41, 5.74) is 3.42. The van der Waals surface area contributed by atoms with Crippen LogP contribution >= 0.6 is 0 Å². The van der Waals surface area contributed by atoms with Gasteiger partial charge in [0, 0.05) is 5.69 Å². The quantitative estimate of drug-likeness (QED) is 0.617. The van der Waals surface area contributed by atoms with Crippen LogP contribution in [0.2, 0.25) is 0 Å². The first-order valence-corrected chi connectivity index (χ1v) is 9.18. The zero-order valence-electron chi connectivity index (χ0n) is 15.7. The summed E-state index contributed by atoms with van der Waals surface area (Å²) >= 11 is 0. The smallest absolute Gasteiger partial charge is 0.258 e. The fourth-order valence-electron chi connectivity index (χ4n) is 3.24. The number of rotatable bonds is 6. The van der Waals surface area contributed by atoms with E-state index in [4.69, 9.17) is 9.15 Å². The highest BCUT2D eigenvalue weighted by molar-refractivity contribution is 6.01. The second-order valence-corrected chi connectivity index (χ2v) is 6.92. The molecule has 1 aromatic heterocycles. The number of furan rings is 1. The van der Waals surface area contributed by atoms with Crippen LogP contribution < -0.4 is 10.1 Å². The second kappa shape index (κ2) is 7.64. The van der Waals surface area contributed by atoms with Gasteiger partial charge in [0.25, 0.3) is 5.91 Å². The minimum atomic E-state index is -0.303. The topological polar surface area (TPSA) is 54.7 Å². The molecule has 5 nitrogen and oxygen atoms in total. The largest absolute Gasteiger partial charge is 0.489 e. The van der Waals surface area contributed by atoms with Crippen molar-refractivity contribution in [2.45, 2.75) is 19.6 Å². The van der Waals surface area contributed by atoms with E-state index in [0.29, 0.717) is 18.7 Å². The van der Waals surface area contributed by atoms with Gasteiger partial charge in [-0.05, 0) is 54.5 Å². The van der Waals surface area contributed by atoms with Crippen LogP contribution in [0.1, 0.15) is 34.8 Å². The Kier molecular flexibility index (Phi) is 4.89. The Labute approximate surface area is 164 Å². The number of carbonyl (C=O) groups excluding carboxylic acids is 1. The molecule has 1 unspecified atom stereocenters. The van der Waals surface area contributed by atoms with Crippen molar-refractivity contribution < 1.29 is 13.9 Å². The van der Waals surface area contributed by atoms with E-state index in [2.05, 4.69) is 11.9 Å².